The fourth-order valence-corrected chi connectivity index (χ4v) is 4.22. The van der Waals surface area contributed by atoms with Crippen LogP contribution in [0, 0.1) is 11.2 Å². The Labute approximate surface area is 209 Å². The lowest BCUT2D eigenvalue weighted by atomic mass is 9.84. The van der Waals surface area contributed by atoms with Crippen molar-refractivity contribution in [1.82, 2.24) is 10.2 Å². The Bertz CT molecular complexity index is 1090. The van der Waals surface area contributed by atoms with Crippen molar-refractivity contribution < 1.29 is 23.8 Å². The third-order valence-electron chi connectivity index (χ3n) is 5.85. The van der Waals surface area contributed by atoms with Crippen LogP contribution < -0.4 is 15.4 Å². The number of nitrogens with one attached hydrogen (secondary N) is 3. The average Bonchev–Trinajstić information content (AvgIpc) is 2.82. The van der Waals surface area contributed by atoms with Crippen LogP contribution in [-0.4, -0.2) is 51.5 Å². The van der Waals surface area contributed by atoms with Crippen LogP contribution in [-0.2, 0) is 11.2 Å². The molecular weight excluding hydrogens is 471 g/mol. The lowest BCUT2D eigenvalue weighted by Crippen LogP contribution is -2.54. The van der Waals surface area contributed by atoms with E-state index in [0.29, 0.717) is 25.0 Å². The Kier molecular flexibility index (Phi) is 8.75. The van der Waals surface area contributed by atoms with Crippen molar-refractivity contribution in [1.29, 1.82) is 5.41 Å². The minimum atomic E-state index is -1.01. The smallest absolute Gasteiger partial charge is 0.407 e. The molecule has 4 N–H and O–H groups in total. The van der Waals surface area contributed by atoms with Gasteiger partial charge in [0.2, 0.25) is 5.91 Å². The predicted molar refractivity (Wildman–Crippen MR) is 136 cm³/mol. The molecule has 0 atom stereocenters. The standard InChI is InChI=1S/C25H29FN4O4S/c1-2-6-21(27)25(11-13-30(14-12-25)24(32)33)34-18-9-10-20(19(26)16-18)28-23(35)29-22(31)15-17-7-4-3-5-8-17/h3-5,7-10,16,27H,2,6,11-15H2,1H3,(H,32,33)(H2,28,29,31,35). The highest BCUT2D eigenvalue weighted by Gasteiger charge is 2.41. The number of likely N-dealkylation sites (tertiary alicyclic amines) is 1. The molecular formula is C25H29FN4O4S. The number of halogens is 1. The molecule has 35 heavy (non-hydrogen) atoms. The number of thiocarbonyl (C=S) groups is 1. The summed E-state index contributed by atoms with van der Waals surface area (Å²) in [6.07, 6.45) is 1.02. The van der Waals surface area contributed by atoms with Crippen LogP contribution >= 0.6 is 12.2 Å². The van der Waals surface area contributed by atoms with Gasteiger partial charge >= 0.3 is 6.09 Å². The molecule has 2 amide bonds. The number of carboxylic acid groups (broad SMARTS) is 1. The highest BCUT2D eigenvalue weighted by molar-refractivity contribution is 7.80. The van der Waals surface area contributed by atoms with Crippen molar-refractivity contribution in [3.05, 3.63) is 59.9 Å². The first-order valence-electron chi connectivity index (χ1n) is 11.4. The molecule has 1 saturated heterocycles. The van der Waals surface area contributed by atoms with Crippen molar-refractivity contribution in [2.24, 2.45) is 0 Å². The van der Waals surface area contributed by atoms with Crippen LogP contribution in [0.15, 0.2) is 48.5 Å². The number of amides is 2. The quantitative estimate of drug-likeness (QED) is 0.311. The maximum Gasteiger partial charge on any atom is 0.407 e. The molecule has 0 aromatic heterocycles. The monoisotopic (exact) mass is 500 g/mol. The zero-order valence-electron chi connectivity index (χ0n) is 19.5. The van der Waals surface area contributed by atoms with E-state index in [9.17, 15) is 19.1 Å². The van der Waals surface area contributed by atoms with Crippen molar-refractivity contribution in [3.63, 3.8) is 0 Å². The Balaban J connectivity index is 1.64. The molecule has 10 heteroatoms. The van der Waals surface area contributed by atoms with Gasteiger partial charge in [-0.1, -0.05) is 43.7 Å². The van der Waals surface area contributed by atoms with E-state index in [2.05, 4.69) is 10.6 Å². The van der Waals surface area contributed by atoms with Crippen molar-refractivity contribution in [2.75, 3.05) is 18.4 Å². The van der Waals surface area contributed by atoms with E-state index in [1.54, 1.807) is 6.07 Å². The minimum Gasteiger partial charge on any atom is -0.481 e. The van der Waals surface area contributed by atoms with E-state index in [-0.39, 0.29) is 42.0 Å². The number of hydrogen-bond acceptors (Lipinski definition) is 5. The number of carbonyl (C=O) groups excluding carboxylic acids is 1. The topological polar surface area (TPSA) is 115 Å². The van der Waals surface area contributed by atoms with Gasteiger partial charge in [-0.25, -0.2) is 9.18 Å². The van der Waals surface area contributed by atoms with Gasteiger partial charge < -0.3 is 30.8 Å². The first-order valence-corrected chi connectivity index (χ1v) is 11.8. The third kappa shape index (κ3) is 6.98. The largest absolute Gasteiger partial charge is 0.481 e. The summed E-state index contributed by atoms with van der Waals surface area (Å²) in [7, 11) is 0. The van der Waals surface area contributed by atoms with Crippen LogP contribution in [0.3, 0.4) is 0 Å². The van der Waals surface area contributed by atoms with Gasteiger partial charge in [0.1, 0.15) is 17.2 Å². The Morgan fingerprint density at radius 2 is 1.89 bits per heavy atom. The second-order valence-electron chi connectivity index (χ2n) is 8.40. The molecule has 2 aromatic carbocycles. The molecule has 0 saturated carbocycles. The fraction of sp³-hybridized carbons (Fsp3) is 0.360. The summed E-state index contributed by atoms with van der Waals surface area (Å²) in [5.41, 5.74) is 0.289. The lowest BCUT2D eigenvalue weighted by molar-refractivity contribution is -0.119. The number of anilines is 1. The Hall–Kier alpha value is -3.53. The van der Waals surface area contributed by atoms with Gasteiger partial charge in [-0.3, -0.25) is 4.79 Å². The maximum atomic E-state index is 14.8. The molecule has 0 spiro atoms. The average molecular weight is 501 g/mol. The second-order valence-corrected chi connectivity index (χ2v) is 8.81. The van der Waals surface area contributed by atoms with E-state index in [4.69, 9.17) is 22.4 Å². The minimum absolute atomic E-state index is 0.0271. The molecule has 0 bridgehead atoms. The molecule has 3 rings (SSSR count). The van der Waals surface area contributed by atoms with Crippen LogP contribution in [0.2, 0.25) is 0 Å². The summed E-state index contributed by atoms with van der Waals surface area (Å²) in [6.45, 7) is 2.43. The Morgan fingerprint density at radius 3 is 2.49 bits per heavy atom. The zero-order chi connectivity index (χ0) is 25.4. The molecule has 0 aliphatic carbocycles. The van der Waals surface area contributed by atoms with Gasteiger partial charge in [-0.05, 0) is 36.3 Å². The molecule has 8 nitrogen and oxygen atoms in total. The maximum absolute atomic E-state index is 14.8. The first kappa shape index (κ1) is 26.1. The fourth-order valence-electron chi connectivity index (χ4n) is 3.99. The zero-order valence-corrected chi connectivity index (χ0v) is 20.3. The van der Waals surface area contributed by atoms with Gasteiger partial charge in [0.15, 0.2) is 5.11 Å². The number of ether oxygens (including phenoxy) is 1. The molecule has 1 aliphatic rings. The van der Waals surface area contributed by atoms with Gasteiger partial charge in [-0.15, -0.1) is 0 Å². The second kappa shape index (κ2) is 11.7. The molecule has 186 valence electrons. The van der Waals surface area contributed by atoms with Gasteiger partial charge in [0, 0.05) is 32.0 Å². The SMILES string of the molecule is CCCC(=N)C1(Oc2ccc(NC(=S)NC(=O)Cc3ccccc3)c(F)c2)CCN(C(=O)O)CC1. The van der Waals surface area contributed by atoms with E-state index in [1.807, 2.05) is 37.3 Å². The molecule has 2 aromatic rings. The summed E-state index contributed by atoms with van der Waals surface area (Å²) < 4.78 is 21.0. The van der Waals surface area contributed by atoms with Gasteiger partial charge in [0.05, 0.1) is 17.8 Å². The highest BCUT2D eigenvalue weighted by atomic mass is 32.1. The predicted octanol–water partition coefficient (Wildman–Crippen LogP) is 4.59. The highest BCUT2D eigenvalue weighted by Crippen LogP contribution is 2.33. The number of rotatable bonds is 8. The first-order chi connectivity index (χ1) is 16.7. The number of piperidine rings is 1. The van der Waals surface area contributed by atoms with Crippen molar-refractivity contribution in [3.8, 4) is 5.75 Å². The van der Waals surface area contributed by atoms with Gasteiger partial charge in [0.25, 0.3) is 0 Å². The number of nitrogens with zero attached hydrogens (tertiary/aromatic N) is 1. The normalized spacial score (nSPS) is 14.6. The van der Waals surface area contributed by atoms with E-state index in [1.165, 1.54) is 17.0 Å². The van der Waals surface area contributed by atoms with Crippen molar-refractivity contribution in [2.45, 2.75) is 44.6 Å². The van der Waals surface area contributed by atoms with Crippen LogP contribution in [0.4, 0.5) is 14.9 Å². The molecule has 0 radical (unpaired) electrons. The van der Waals surface area contributed by atoms with Crippen LogP contribution in [0.25, 0.3) is 0 Å². The summed E-state index contributed by atoms with van der Waals surface area (Å²) in [5, 5.41) is 23.0. The van der Waals surface area contributed by atoms with Crippen molar-refractivity contribution >= 4 is 40.7 Å². The van der Waals surface area contributed by atoms with E-state index >= 15 is 0 Å². The summed E-state index contributed by atoms with van der Waals surface area (Å²) >= 11 is 5.14. The molecule has 1 aliphatic heterocycles. The molecule has 0 unspecified atom stereocenters. The van der Waals surface area contributed by atoms with Crippen LogP contribution in [0.5, 0.6) is 5.75 Å². The summed E-state index contributed by atoms with van der Waals surface area (Å²) in [6, 6.07) is 13.4. The number of hydrogen-bond donors (Lipinski definition) is 4. The van der Waals surface area contributed by atoms with Gasteiger partial charge in [-0.2, -0.15) is 0 Å². The molecule has 1 fully saturated rings. The number of benzene rings is 2. The Morgan fingerprint density at radius 1 is 1.20 bits per heavy atom. The third-order valence-corrected chi connectivity index (χ3v) is 6.06. The molecule has 1 heterocycles. The summed E-state index contributed by atoms with van der Waals surface area (Å²) in [4.78, 5) is 24.8. The van der Waals surface area contributed by atoms with E-state index in [0.717, 1.165) is 12.0 Å². The van der Waals surface area contributed by atoms with Crippen LogP contribution in [0.1, 0.15) is 38.2 Å². The number of carbonyl (C=O) groups is 2. The summed E-state index contributed by atoms with van der Waals surface area (Å²) in [5.74, 6) is -0.725. The lowest BCUT2D eigenvalue weighted by Gasteiger charge is -2.41. The van der Waals surface area contributed by atoms with E-state index < -0.39 is 17.5 Å².